The van der Waals surface area contributed by atoms with Crippen LogP contribution in [0, 0.1) is 6.92 Å². The minimum Gasteiger partial charge on any atom is -0.437 e. The lowest BCUT2D eigenvalue weighted by Gasteiger charge is -2.11. The number of nitrogens with zero attached hydrogens (tertiary/aromatic N) is 2. The average Bonchev–Trinajstić information content (AvgIpc) is 3.20. The van der Waals surface area contributed by atoms with Gasteiger partial charge in [-0.25, -0.2) is 9.55 Å². The highest BCUT2D eigenvalue weighted by Crippen LogP contribution is 2.42. The Labute approximate surface area is 180 Å². The number of hydrogen-bond acceptors (Lipinski definition) is 2. The standard InChI is InChI=1S/C28H21N2O/c1-18-21-11-6-7-12-22(21)26-23-13-8-15-29-28(23)31-27(26)25(18)24-17-20(14-16-30(24)2)19-9-4-3-5-10-19/h3-17H,1-2H3/q+1. The summed E-state index contributed by atoms with van der Waals surface area (Å²) in [6.45, 7) is 2.19. The molecule has 0 aliphatic rings. The third-order valence-electron chi connectivity index (χ3n) is 6.18. The van der Waals surface area contributed by atoms with Gasteiger partial charge in [0.2, 0.25) is 11.4 Å². The summed E-state index contributed by atoms with van der Waals surface area (Å²) in [7, 11) is 2.09. The van der Waals surface area contributed by atoms with Gasteiger partial charge in [0, 0.05) is 29.1 Å². The molecule has 3 aromatic carbocycles. The Balaban J connectivity index is 1.77. The maximum atomic E-state index is 6.40. The summed E-state index contributed by atoms with van der Waals surface area (Å²) in [5, 5.41) is 4.62. The first-order valence-electron chi connectivity index (χ1n) is 10.5. The van der Waals surface area contributed by atoms with Crippen molar-refractivity contribution in [2.24, 2.45) is 7.05 Å². The van der Waals surface area contributed by atoms with Crippen LogP contribution in [-0.4, -0.2) is 4.98 Å². The lowest BCUT2D eigenvalue weighted by atomic mass is 9.92. The van der Waals surface area contributed by atoms with Crippen LogP contribution in [0.5, 0.6) is 0 Å². The predicted octanol–water partition coefficient (Wildman–Crippen LogP) is 6.60. The van der Waals surface area contributed by atoms with E-state index in [0.717, 1.165) is 27.6 Å². The second-order valence-corrected chi connectivity index (χ2v) is 7.99. The molecule has 0 fully saturated rings. The van der Waals surface area contributed by atoms with Crippen LogP contribution < -0.4 is 4.57 Å². The van der Waals surface area contributed by atoms with E-state index >= 15 is 0 Å². The highest BCUT2D eigenvalue weighted by atomic mass is 16.3. The SMILES string of the molecule is Cc1c(-c2cc(-c3ccccc3)cc[n+]2C)c2oc3ncccc3c2c2ccccc12. The van der Waals surface area contributed by atoms with Crippen LogP contribution >= 0.6 is 0 Å². The summed E-state index contributed by atoms with van der Waals surface area (Å²) >= 11 is 0. The van der Waals surface area contributed by atoms with Crippen molar-refractivity contribution < 1.29 is 8.98 Å². The van der Waals surface area contributed by atoms with Gasteiger partial charge in [0.25, 0.3) is 0 Å². The van der Waals surface area contributed by atoms with Crippen molar-refractivity contribution in [2.75, 3.05) is 0 Å². The average molecular weight is 401 g/mol. The number of rotatable bonds is 2. The van der Waals surface area contributed by atoms with Crippen LogP contribution in [0.4, 0.5) is 0 Å². The van der Waals surface area contributed by atoms with Gasteiger partial charge < -0.3 is 4.42 Å². The molecule has 31 heavy (non-hydrogen) atoms. The predicted molar refractivity (Wildman–Crippen MR) is 126 cm³/mol. The van der Waals surface area contributed by atoms with Crippen LogP contribution in [0.25, 0.3) is 55.2 Å². The molecule has 3 heterocycles. The zero-order valence-corrected chi connectivity index (χ0v) is 17.5. The van der Waals surface area contributed by atoms with Crippen LogP contribution in [0.1, 0.15) is 5.56 Å². The molecule has 0 aliphatic carbocycles. The second kappa shape index (κ2) is 6.78. The molecule has 0 N–H and O–H groups in total. The Hall–Kier alpha value is -3.98. The second-order valence-electron chi connectivity index (χ2n) is 7.99. The van der Waals surface area contributed by atoms with E-state index in [-0.39, 0.29) is 0 Å². The van der Waals surface area contributed by atoms with Gasteiger partial charge in [0.15, 0.2) is 11.8 Å². The van der Waals surface area contributed by atoms with E-state index in [0.29, 0.717) is 5.71 Å². The molecule has 3 heteroatoms. The van der Waals surface area contributed by atoms with Gasteiger partial charge in [-0.2, -0.15) is 0 Å². The molecule has 148 valence electrons. The number of pyridine rings is 2. The van der Waals surface area contributed by atoms with Gasteiger partial charge in [0.1, 0.15) is 7.05 Å². The number of aryl methyl sites for hydroxylation is 2. The number of benzene rings is 3. The number of fused-ring (bicyclic) bond motifs is 5. The first-order valence-corrected chi connectivity index (χ1v) is 10.5. The maximum Gasteiger partial charge on any atom is 0.227 e. The first kappa shape index (κ1) is 17.8. The van der Waals surface area contributed by atoms with Gasteiger partial charge in [-0.15, -0.1) is 0 Å². The number of aromatic nitrogens is 2. The number of hydrogen-bond donors (Lipinski definition) is 0. The van der Waals surface area contributed by atoms with E-state index in [1.165, 1.54) is 27.5 Å². The Morgan fingerprint density at radius 2 is 1.52 bits per heavy atom. The summed E-state index contributed by atoms with van der Waals surface area (Å²) < 4.78 is 8.57. The van der Waals surface area contributed by atoms with Crippen LogP contribution in [0.15, 0.2) is 95.7 Å². The molecule has 0 bridgehead atoms. The molecule has 0 amide bonds. The molecule has 6 rings (SSSR count). The van der Waals surface area contributed by atoms with E-state index in [1.807, 2.05) is 12.1 Å². The zero-order chi connectivity index (χ0) is 20.9. The zero-order valence-electron chi connectivity index (χ0n) is 17.5. The normalized spacial score (nSPS) is 11.5. The van der Waals surface area contributed by atoms with Gasteiger partial charge in [-0.3, -0.25) is 0 Å². The minimum atomic E-state index is 0.677. The lowest BCUT2D eigenvalue weighted by molar-refractivity contribution is -0.660. The largest absolute Gasteiger partial charge is 0.437 e. The molecule has 0 atom stereocenters. The smallest absolute Gasteiger partial charge is 0.227 e. The van der Waals surface area contributed by atoms with Gasteiger partial charge in [0.05, 0.1) is 5.56 Å². The highest BCUT2D eigenvalue weighted by Gasteiger charge is 2.24. The molecule has 3 nitrogen and oxygen atoms in total. The van der Waals surface area contributed by atoms with E-state index in [4.69, 9.17) is 4.42 Å². The van der Waals surface area contributed by atoms with Crippen molar-refractivity contribution in [3.05, 3.63) is 96.8 Å². The topological polar surface area (TPSA) is 29.9 Å². The van der Waals surface area contributed by atoms with Crippen LogP contribution in [0.2, 0.25) is 0 Å². The van der Waals surface area contributed by atoms with E-state index in [1.54, 1.807) is 6.20 Å². The van der Waals surface area contributed by atoms with Crippen molar-refractivity contribution in [3.63, 3.8) is 0 Å². The van der Waals surface area contributed by atoms with Crippen molar-refractivity contribution >= 4 is 32.8 Å². The monoisotopic (exact) mass is 401 g/mol. The molecular weight excluding hydrogens is 380 g/mol. The number of furan rings is 1. The fourth-order valence-electron chi connectivity index (χ4n) is 4.65. The fraction of sp³-hybridized carbons (Fsp3) is 0.0714. The molecular formula is C28H21N2O+. The molecule has 0 saturated carbocycles. The molecule has 0 saturated heterocycles. The summed E-state index contributed by atoms with van der Waals surface area (Å²) in [6.07, 6.45) is 3.91. The van der Waals surface area contributed by atoms with Gasteiger partial charge in [-0.05, 0) is 46.5 Å². The Morgan fingerprint density at radius 3 is 2.35 bits per heavy atom. The third kappa shape index (κ3) is 2.67. The molecule has 0 aliphatic heterocycles. The van der Waals surface area contributed by atoms with Gasteiger partial charge >= 0.3 is 0 Å². The van der Waals surface area contributed by atoms with Crippen LogP contribution in [-0.2, 0) is 7.05 Å². The molecule has 6 aromatic rings. The minimum absolute atomic E-state index is 0.677. The lowest BCUT2D eigenvalue weighted by Crippen LogP contribution is -2.30. The Kier molecular flexibility index (Phi) is 3.90. The van der Waals surface area contributed by atoms with Crippen molar-refractivity contribution in [1.82, 2.24) is 4.98 Å². The molecule has 0 radical (unpaired) electrons. The summed E-state index contributed by atoms with van der Waals surface area (Å²) in [5.74, 6) is 0. The van der Waals surface area contributed by atoms with Crippen molar-refractivity contribution in [1.29, 1.82) is 0 Å². The van der Waals surface area contributed by atoms with Crippen molar-refractivity contribution in [3.8, 4) is 22.4 Å². The van der Waals surface area contributed by atoms with Crippen molar-refractivity contribution in [2.45, 2.75) is 6.92 Å². The first-order chi connectivity index (χ1) is 15.2. The highest BCUT2D eigenvalue weighted by molar-refractivity contribution is 6.22. The van der Waals surface area contributed by atoms with E-state index in [2.05, 4.69) is 96.4 Å². The Bertz CT molecular complexity index is 1600. The van der Waals surface area contributed by atoms with Crippen LogP contribution in [0.3, 0.4) is 0 Å². The van der Waals surface area contributed by atoms with Gasteiger partial charge in [-0.1, -0.05) is 54.6 Å². The molecule has 3 aromatic heterocycles. The summed E-state index contributed by atoms with van der Waals surface area (Å²) in [5.41, 5.74) is 7.40. The van der Waals surface area contributed by atoms with E-state index in [9.17, 15) is 0 Å². The summed E-state index contributed by atoms with van der Waals surface area (Å²) in [4.78, 5) is 4.50. The quantitative estimate of drug-likeness (QED) is 0.306. The summed E-state index contributed by atoms with van der Waals surface area (Å²) in [6, 6.07) is 27.5. The third-order valence-corrected chi connectivity index (χ3v) is 6.18. The molecule has 0 spiro atoms. The Morgan fingerprint density at radius 1 is 0.774 bits per heavy atom. The van der Waals surface area contributed by atoms with E-state index < -0.39 is 0 Å². The maximum absolute atomic E-state index is 6.40. The molecule has 0 unspecified atom stereocenters. The fourth-order valence-corrected chi connectivity index (χ4v) is 4.65.